The molecular weight excluding hydrogens is 372 g/mol. The smallest absolute Gasteiger partial charge is 0.349 e. The molecule has 2 aliphatic rings. The highest BCUT2D eigenvalue weighted by Gasteiger charge is 2.20. The summed E-state index contributed by atoms with van der Waals surface area (Å²) in [7, 11) is 0. The number of hydrogen-bond acceptors (Lipinski definition) is 6. The molecule has 9 heteroatoms. The van der Waals surface area contributed by atoms with E-state index >= 15 is 0 Å². The molecule has 0 unspecified atom stereocenters. The molecule has 0 bridgehead atoms. The monoisotopic (exact) mass is 390 g/mol. The fourth-order valence-electron chi connectivity index (χ4n) is 2.76. The molecule has 0 aromatic heterocycles. The van der Waals surface area contributed by atoms with Crippen LogP contribution in [0.3, 0.4) is 0 Å². The zero-order valence-corrected chi connectivity index (χ0v) is 16.0. The molecule has 2 aliphatic heterocycles. The van der Waals surface area contributed by atoms with Crippen LogP contribution in [0.2, 0.25) is 5.02 Å². The lowest BCUT2D eigenvalue weighted by Gasteiger charge is -2.18. The van der Waals surface area contributed by atoms with Gasteiger partial charge in [0.1, 0.15) is 6.61 Å². The van der Waals surface area contributed by atoms with Crippen molar-refractivity contribution in [2.75, 3.05) is 6.61 Å². The van der Waals surface area contributed by atoms with Crippen molar-refractivity contribution in [1.29, 1.82) is 0 Å². The first-order chi connectivity index (χ1) is 12.8. The Bertz CT molecular complexity index is 1100. The maximum atomic E-state index is 12.2. The molecule has 142 valence electrons. The molecule has 1 aromatic rings. The molecule has 0 fully saturated rings. The van der Waals surface area contributed by atoms with Gasteiger partial charge in [0.15, 0.2) is 11.5 Å². The predicted molar refractivity (Wildman–Crippen MR) is 101 cm³/mol. The summed E-state index contributed by atoms with van der Waals surface area (Å²) >= 11 is 6.28. The number of carbonyl (C=O) groups is 1. The number of nitrogens with one attached hydrogen (secondary N) is 1. The molecule has 0 amide bonds. The Balaban J connectivity index is 2.20. The van der Waals surface area contributed by atoms with Gasteiger partial charge in [-0.25, -0.2) is 9.78 Å². The van der Waals surface area contributed by atoms with Gasteiger partial charge in [-0.3, -0.25) is 14.6 Å². The summed E-state index contributed by atoms with van der Waals surface area (Å²) < 4.78 is 6.91. The molecule has 8 nitrogen and oxygen atoms in total. The lowest BCUT2D eigenvalue weighted by molar-refractivity contribution is -0.147. The second-order valence-electron chi connectivity index (χ2n) is 6.41. The van der Waals surface area contributed by atoms with Crippen LogP contribution < -0.4 is 11.2 Å². The van der Waals surface area contributed by atoms with E-state index in [0.717, 1.165) is 5.56 Å². The SMILES string of the molecule is CCc1cc2c(cc1Cl)nc1c(=O)[nH]c(=O)nc-1n2CCOC(=O)C(C)C. The highest BCUT2D eigenvalue weighted by molar-refractivity contribution is 6.32. The van der Waals surface area contributed by atoms with Gasteiger partial charge >= 0.3 is 11.7 Å². The van der Waals surface area contributed by atoms with Crippen LogP contribution in [-0.2, 0) is 22.5 Å². The van der Waals surface area contributed by atoms with Gasteiger partial charge in [0.2, 0.25) is 0 Å². The van der Waals surface area contributed by atoms with Gasteiger partial charge in [0, 0.05) is 5.02 Å². The van der Waals surface area contributed by atoms with Crippen LogP contribution in [0.5, 0.6) is 0 Å². The van der Waals surface area contributed by atoms with E-state index in [0.29, 0.717) is 22.5 Å². The van der Waals surface area contributed by atoms with E-state index in [2.05, 4.69) is 15.0 Å². The number of aromatic nitrogens is 4. The number of carbonyl (C=O) groups excluding carboxylic acids is 1. The second-order valence-corrected chi connectivity index (χ2v) is 6.82. The Labute approximate surface area is 159 Å². The number of nitrogens with zero attached hydrogens (tertiary/aromatic N) is 3. The molecule has 3 rings (SSSR count). The third kappa shape index (κ3) is 3.71. The summed E-state index contributed by atoms with van der Waals surface area (Å²) in [5.74, 6) is -0.437. The summed E-state index contributed by atoms with van der Waals surface area (Å²) in [6, 6.07) is 3.53. The number of H-pyrrole nitrogens is 1. The van der Waals surface area contributed by atoms with Gasteiger partial charge < -0.3 is 9.30 Å². The fraction of sp³-hybridized carbons (Fsp3) is 0.389. The van der Waals surface area contributed by atoms with Crippen molar-refractivity contribution in [2.24, 2.45) is 5.92 Å². The van der Waals surface area contributed by atoms with Crippen LogP contribution in [0.25, 0.3) is 22.6 Å². The number of aryl methyl sites for hydroxylation is 1. The summed E-state index contributed by atoms with van der Waals surface area (Å²) in [5.41, 5.74) is 0.678. The molecule has 0 saturated heterocycles. The van der Waals surface area contributed by atoms with Gasteiger partial charge in [0.25, 0.3) is 5.56 Å². The normalized spacial score (nSPS) is 11.4. The largest absolute Gasteiger partial charge is 0.464 e. The minimum Gasteiger partial charge on any atom is -0.464 e. The number of halogens is 1. The third-order valence-electron chi connectivity index (χ3n) is 4.19. The van der Waals surface area contributed by atoms with E-state index < -0.39 is 11.2 Å². The highest BCUT2D eigenvalue weighted by Crippen LogP contribution is 2.27. The highest BCUT2D eigenvalue weighted by atomic mass is 35.5. The maximum absolute atomic E-state index is 12.2. The average Bonchev–Trinajstić information content (AvgIpc) is 2.61. The standard InChI is InChI=1S/C18H19ClN4O4/c1-4-10-7-13-12(8-11(10)19)20-14-15(21-18(26)22-16(14)24)23(13)5-6-27-17(25)9(2)3/h7-9H,4-6H2,1-3H3,(H,22,24,26). The Hall–Kier alpha value is -2.74. The van der Waals surface area contributed by atoms with Crippen molar-refractivity contribution in [2.45, 2.75) is 33.7 Å². The molecule has 1 N–H and O–H groups in total. The molecule has 0 aliphatic carbocycles. The molecule has 0 atom stereocenters. The van der Waals surface area contributed by atoms with Crippen molar-refractivity contribution < 1.29 is 9.53 Å². The van der Waals surface area contributed by atoms with E-state index in [9.17, 15) is 14.4 Å². The zero-order valence-electron chi connectivity index (χ0n) is 15.2. The predicted octanol–water partition coefficient (Wildman–Crippen LogP) is 2.00. The van der Waals surface area contributed by atoms with Gasteiger partial charge in [-0.1, -0.05) is 32.4 Å². The Morgan fingerprint density at radius 3 is 2.70 bits per heavy atom. The first-order valence-electron chi connectivity index (χ1n) is 8.61. The number of rotatable bonds is 5. The zero-order chi connectivity index (χ0) is 19.7. The topological polar surface area (TPSA) is 107 Å². The third-order valence-corrected chi connectivity index (χ3v) is 4.54. The Morgan fingerprint density at radius 1 is 1.30 bits per heavy atom. The second kappa shape index (κ2) is 7.48. The van der Waals surface area contributed by atoms with E-state index in [-0.39, 0.29) is 36.6 Å². The van der Waals surface area contributed by atoms with Crippen LogP contribution in [0, 0.1) is 5.92 Å². The van der Waals surface area contributed by atoms with Crippen LogP contribution in [0.4, 0.5) is 0 Å². The van der Waals surface area contributed by atoms with Crippen molar-refractivity contribution in [3.8, 4) is 11.5 Å². The van der Waals surface area contributed by atoms with Crippen LogP contribution in [-0.4, -0.2) is 32.1 Å². The Morgan fingerprint density at radius 2 is 2.04 bits per heavy atom. The van der Waals surface area contributed by atoms with Gasteiger partial charge in [-0.05, 0) is 24.1 Å². The van der Waals surface area contributed by atoms with Crippen molar-refractivity contribution in [3.05, 3.63) is 43.6 Å². The molecule has 0 spiro atoms. The minimum absolute atomic E-state index is 0.0256. The number of benzene rings is 1. The molecular formula is C18H19ClN4O4. The Kier molecular flexibility index (Phi) is 5.27. The summed E-state index contributed by atoms with van der Waals surface area (Å²) in [6.07, 6.45) is 0.699. The van der Waals surface area contributed by atoms with Crippen molar-refractivity contribution in [1.82, 2.24) is 19.5 Å². The number of ether oxygens (including phenoxy) is 1. The molecule has 1 aromatic carbocycles. The summed E-state index contributed by atoms with van der Waals surface area (Å²) in [6.45, 7) is 5.74. The van der Waals surface area contributed by atoms with Crippen LogP contribution in [0.1, 0.15) is 26.3 Å². The number of esters is 1. The van der Waals surface area contributed by atoms with Crippen molar-refractivity contribution >= 4 is 28.6 Å². The quantitative estimate of drug-likeness (QED) is 0.527. The van der Waals surface area contributed by atoms with Crippen LogP contribution in [0.15, 0.2) is 21.7 Å². The molecule has 2 heterocycles. The summed E-state index contributed by atoms with van der Waals surface area (Å²) in [5, 5.41) is 0.541. The van der Waals surface area contributed by atoms with Gasteiger partial charge in [-0.2, -0.15) is 4.98 Å². The van der Waals surface area contributed by atoms with E-state index in [4.69, 9.17) is 16.3 Å². The fourth-order valence-corrected chi connectivity index (χ4v) is 3.05. The lowest BCUT2D eigenvalue weighted by Crippen LogP contribution is -2.29. The number of aromatic amines is 1. The van der Waals surface area contributed by atoms with E-state index in [1.54, 1.807) is 24.5 Å². The van der Waals surface area contributed by atoms with Gasteiger partial charge in [-0.15, -0.1) is 0 Å². The van der Waals surface area contributed by atoms with Crippen LogP contribution >= 0.6 is 11.6 Å². The van der Waals surface area contributed by atoms with E-state index in [1.807, 2.05) is 13.0 Å². The summed E-state index contributed by atoms with van der Waals surface area (Å²) in [4.78, 5) is 46.0. The number of fused-ring (bicyclic) bond motifs is 2. The van der Waals surface area contributed by atoms with E-state index in [1.165, 1.54) is 0 Å². The first kappa shape index (κ1) is 19.0. The van der Waals surface area contributed by atoms with Gasteiger partial charge in [0.05, 0.1) is 23.5 Å². The lowest BCUT2D eigenvalue weighted by atomic mass is 10.1. The van der Waals surface area contributed by atoms with Crippen molar-refractivity contribution in [3.63, 3.8) is 0 Å². The maximum Gasteiger partial charge on any atom is 0.349 e. The molecule has 0 saturated carbocycles. The molecule has 0 radical (unpaired) electrons. The minimum atomic E-state index is -0.758. The first-order valence-corrected chi connectivity index (χ1v) is 8.99. The number of hydrogen-bond donors (Lipinski definition) is 1. The average molecular weight is 391 g/mol. The molecule has 27 heavy (non-hydrogen) atoms.